The second kappa shape index (κ2) is 6.73. The number of aldehydes is 1. The highest BCUT2D eigenvalue weighted by Gasteiger charge is 2.57. The number of piperidine rings is 1. The van der Waals surface area contributed by atoms with Gasteiger partial charge in [-0.1, -0.05) is 15.9 Å². The first-order valence-electron chi connectivity index (χ1n) is 8.16. The van der Waals surface area contributed by atoms with Gasteiger partial charge in [-0.15, -0.1) is 0 Å². The van der Waals surface area contributed by atoms with Crippen LogP contribution in [-0.4, -0.2) is 49.6 Å². The number of alkyl halides is 1. The number of hydrogen-bond donors (Lipinski definition) is 2. The van der Waals surface area contributed by atoms with Crippen molar-refractivity contribution in [1.82, 2.24) is 15.6 Å². The van der Waals surface area contributed by atoms with Gasteiger partial charge in [-0.25, -0.2) is 10.0 Å². The number of aliphatic imine (C=N–C) groups is 1. The highest BCUT2D eigenvalue weighted by molar-refractivity contribution is 9.09. The van der Waals surface area contributed by atoms with Crippen LogP contribution in [0.4, 0.5) is 0 Å². The van der Waals surface area contributed by atoms with Gasteiger partial charge in [0.25, 0.3) is 0 Å². The Morgan fingerprint density at radius 3 is 2.78 bits per heavy atom. The van der Waals surface area contributed by atoms with Crippen molar-refractivity contribution < 1.29 is 4.79 Å². The molecule has 126 valence electrons. The van der Waals surface area contributed by atoms with Gasteiger partial charge >= 0.3 is 0 Å². The Bertz CT molecular complexity index is 553. The van der Waals surface area contributed by atoms with Crippen LogP contribution in [0.15, 0.2) is 21.4 Å². The Kier molecular flexibility index (Phi) is 4.87. The summed E-state index contributed by atoms with van der Waals surface area (Å²) in [7, 11) is 1.80. The maximum Gasteiger partial charge on any atom is 0.219 e. The Morgan fingerprint density at radius 1 is 1.52 bits per heavy atom. The van der Waals surface area contributed by atoms with Gasteiger partial charge in [0, 0.05) is 36.4 Å². The van der Waals surface area contributed by atoms with E-state index >= 15 is 0 Å². The summed E-state index contributed by atoms with van der Waals surface area (Å²) < 4.78 is 0. The Labute approximate surface area is 145 Å². The van der Waals surface area contributed by atoms with Crippen LogP contribution < -0.4 is 10.6 Å². The van der Waals surface area contributed by atoms with E-state index < -0.39 is 0 Å². The molecule has 1 aliphatic heterocycles. The molecule has 0 aromatic heterocycles. The highest BCUT2D eigenvalue weighted by atomic mass is 79.9. The Morgan fingerprint density at radius 2 is 2.26 bits per heavy atom. The van der Waals surface area contributed by atoms with Crippen molar-refractivity contribution in [2.75, 3.05) is 25.6 Å². The fourth-order valence-electron chi connectivity index (χ4n) is 4.50. The van der Waals surface area contributed by atoms with Gasteiger partial charge in [0.2, 0.25) is 5.96 Å². The highest BCUT2D eigenvalue weighted by Crippen LogP contribution is 2.62. The van der Waals surface area contributed by atoms with Crippen LogP contribution in [0.1, 0.15) is 25.7 Å². The smallest absolute Gasteiger partial charge is 0.219 e. The molecule has 1 spiro atoms. The monoisotopic (exact) mass is 381 g/mol. The predicted molar refractivity (Wildman–Crippen MR) is 95.5 cm³/mol. The number of guanidine groups is 1. The SMILES string of the molecule is C=NN(C)/C(=N\CBr)NC1=C(C=O)C2(CCNCC2)C2CCC12. The molecule has 0 aromatic rings. The summed E-state index contributed by atoms with van der Waals surface area (Å²) >= 11 is 3.33. The standard InChI is InChI=1S/C16H24BrN5O/c1-18-22(2)15(20-10-17)21-14-11-3-4-12(11)16(13(14)9-23)5-7-19-8-6-16/h9,11-12,19H,1,3-8,10H2,2H3,(H,20,21). The first-order valence-corrected chi connectivity index (χ1v) is 9.28. The summed E-state index contributed by atoms with van der Waals surface area (Å²) in [6, 6.07) is 0. The zero-order valence-corrected chi connectivity index (χ0v) is 15.1. The van der Waals surface area contributed by atoms with Gasteiger partial charge in [-0.3, -0.25) is 4.79 Å². The fraction of sp³-hybridized carbons (Fsp3) is 0.688. The largest absolute Gasteiger partial charge is 0.328 e. The minimum Gasteiger partial charge on any atom is -0.328 e. The quantitative estimate of drug-likeness (QED) is 0.194. The average Bonchev–Trinajstić information content (AvgIpc) is 2.69. The lowest BCUT2D eigenvalue weighted by Crippen LogP contribution is -2.45. The number of carbonyl (C=O) groups excluding carboxylic acids is 1. The van der Waals surface area contributed by atoms with Crippen molar-refractivity contribution >= 4 is 34.9 Å². The number of rotatable bonds is 4. The van der Waals surface area contributed by atoms with Crippen molar-refractivity contribution in [3.05, 3.63) is 11.3 Å². The van der Waals surface area contributed by atoms with E-state index in [0.29, 0.717) is 23.2 Å². The number of hydrogen-bond acceptors (Lipinski definition) is 4. The third-order valence-corrected chi connectivity index (χ3v) is 6.02. The number of allylic oxidation sites excluding steroid dienone is 2. The molecule has 0 radical (unpaired) electrons. The molecule has 1 saturated heterocycles. The summed E-state index contributed by atoms with van der Waals surface area (Å²) in [6.45, 7) is 5.54. The molecule has 7 heteroatoms. The molecule has 1 saturated carbocycles. The van der Waals surface area contributed by atoms with Crippen LogP contribution in [0, 0.1) is 17.3 Å². The van der Waals surface area contributed by atoms with E-state index in [2.05, 4.69) is 43.4 Å². The summed E-state index contributed by atoms with van der Waals surface area (Å²) in [5.41, 5.74) is 2.56. The fourth-order valence-corrected chi connectivity index (χ4v) is 4.73. The Balaban J connectivity index is 1.95. The van der Waals surface area contributed by atoms with Crippen LogP contribution in [0.2, 0.25) is 0 Å². The maximum atomic E-state index is 12.0. The van der Waals surface area contributed by atoms with Crippen LogP contribution in [0.5, 0.6) is 0 Å². The number of hydrazone groups is 1. The molecule has 1 heterocycles. The van der Waals surface area contributed by atoms with Gasteiger partial charge in [0.05, 0.1) is 5.45 Å². The number of carbonyl (C=O) groups is 1. The van der Waals surface area contributed by atoms with Crippen LogP contribution in [-0.2, 0) is 4.79 Å². The first-order chi connectivity index (χ1) is 11.2. The molecule has 0 aromatic carbocycles. The molecule has 2 unspecified atom stereocenters. The first kappa shape index (κ1) is 16.6. The van der Waals surface area contributed by atoms with Crippen LogP contribution in [0.3, 0.4) is 0 Å². The van der Waals surface area contributed by atoms with E-state index in [1.807, 2.05) is 0 Å². The number of nitrogens with one attached hydrogen (secondary N) is 2. The van der Waals surface area contributed by atoms with Gasteiger partial charge in [-0.05, 0) is 44.7 Å². The molecular formula is C16H24BrN5O. The third kappa shape index (κ3) is 2.63. The minimum absolute atomic E-state index is 0.0535. The number of halogens is 1. The van der Waals surface area contributed by atoms with E-state index in [4.69, 9.17) is 0 Å². The lowest BCUT2D eigenvalue weighted by atomic mass is 9.59. The van der Waals surface area contributed by atoms with E-state index in [1.54, 1.807) is 12.1 Å². The summed E-state index contributed by atoms with van der Waals surface area (Å²) in [5.74, 6) is 1.68. The Hall–Kier alpha value is -1.21. The van der Waals surface area contributed by atoms with Crippen molar-refractivity contribution in [2.45, 2.75) is 25.7 Å². The number of nitrogens with zero attached hydrogens (tertiary/aromatic N) is 3. The zero-order valence-electron chi connectivity index (χ0n) is 13.5. The molecule has 0 bridgehead atoms. The predicted octanol–water partition coefficient (Wildman–Crippen LogP) is 1.69. The van der Waals surface area contributed by atoms with Crippen molar-refractivity contribution in [1.29, 1.82) is 0 Å². The lowest BCUT2D eigenvalue weighted by molar-refractivity contribution is -0.106. The van der Waals surface area contributed by atoms with Crippen molar-refractivity contribution in [3.8, 4) is 0 Å². The molecular weight excluding hydrogens is 358 g/mol. The lowest BCUT2D eigenvalue weighted by Gasteiger charge is -2.46. The topological polar surface area (TPSA) is 69.1 Å². The number of fused-ring (bicyclic) bond motifs is 2. The molecule has 3 rings (SSSR count). The zero-order chi connectivity index (χ0) is 16.4. The van der Waals surface area contributed by atoms with E-state index in [-0.39, 0.29) is 5.41 Å². The molecule has 2 fully saturated rings. The van der Waals surface area contributed by atoms with Crippen molar-refractivity contribution in [3.63, 3.8) is 0 Å². The normalized spacial score (nSPS) is 29.0. The molecule has 2 atom stereocenters. The van der Waals surface area contributed by atoms with Gasteiger partial charge in [0.1, 0.15) is 6.29 Å². The molecule has 3 aliphatic rings. The molecule has 0 amide bonds. The van der Waals surface area contributed by atoms with Crippen LogP contribution in [0.25, 0.3) is 0 Å². The molecule has 2 aliphatic carbocycles. The minimum atomic E-state index is 0.0535. The second-order valence-corrected chi connectivity index (χ2v) is 7.03. The van der Waals surface area contributed by atoms with Gasteiger partial charge in [-0.2, -0.15) is 5.10 Å². The van der Waals surface area contributed by atoms with Crippen LogP contribution >= 0.6 is 15.9 Å². The molecule has 23 heavy (non-hydrogen) atoms. The van der Waals surface area contributed by atoms with Crippen molar-refractivity contribution in [2.24, 2.45) is 27.3 Å². The molecule has 6 nitrogen and oxygen atoms in total. The summed E-state index contributed by atoms with van der Waals surface area (Å²) in [6.07, 6.45) is 5.54. The van der Waals surface area contributed by atoms with Gasteiger partial charge < -0.3 is 10.6 Å². The van der Waals surface area contributed by atoms with E-state index in [9.17, 15) is 4.79 Å². The third-order valence-electron chi connectivity index (χ3n) is 5.77. The summed E-state index contributed by atoms with van der Waals surface area (Å²) in [5, 5.41) is 12.4. The molecule has 2 N–H and O–H groups in total. The van der Waals surface area contributed by atoms with Gasteiger partial charge in [0.15, 0.2) is 0 Å². The second-order valence-electron chi connectivity index (χ2n) is 6.53. The van der Waals surface area contributed by atoms with E-state index in [0.717, 1.165) is 49.9 Å². The summed E-state index contributed by atoms with van der Waals surface area (Å²) in [4.78, 5) is 16.4. The average molecular weight is 382 g/mol. The maximum absolute atomic E-state index is 12.0. The van der Waals surface area contributed by atoms with E-state index in [1.165, 1.54) is 6.42 Å².